The van der Waals surface area contributed by atoms with E-state index >= 15 is 0 Å². The maximum Gasteiger partial charge on any atom is 0.267 e. The molecule has 3 aromatic rings. The largest absolute Gasteiger partial charge is 0.497 e. The summed E-state index contributed by atoms with van der Waals surface area (Å²) in [6.07, 6.45) is 0. The number of rotatable bonds is 5. The van der Waals surface area contributed by atoms with E-state index < -0.39 is 0 Å². The van der Waals surface area contributed by atoms with Gasteiger partial charge in [-0.2, -0.15) is 5.10 Å². The fraction of sp³-hybridized carbons (Fsp3) is 0.261. The smallest absolute Gasteiger partial charge is 0.267 e. The lowest BCUT2D eigenvalue weighted by Gasteiger charge is -2.36. The van der Waals surface area contributed by atoms with Crippen LogP contribution in [0.15, 0.2) is 71.5 Å². The molecule has 2 heterocycles. The Morgan fingerprint density at radius 3 is 2.47 bits per heavy atom. The van der Waals surface area contributed by atoms with Gasteiger partial charge in [0.05, 0.1) is 12.8 Å². The number of nitrogens with zero attached hydrogens (tertiary/aromatic N) is 4. The number of methoxy groups -OCH3 is 1. The Labute approximate surface area is 175 Å². The molecule has 0 atom stereocenters. The van der Waals surface area contributed by atoms with Crippen LogP contribution in [0.5, 0.6) is 5.75 Å². The average Bonchev–Trinajstić information content (AvgIpc) is 2.81. The van der Waals surface area contributed by atoms with Gasteiger partial charge in [-0.15, -0.1) is 0 Å². The van der Waals surface area contributed by atoms with Crippen molar-refractivity contribution in [3.05, 3.63) is 77.1 Å². The van der Waals surface area contributed by atoms with Gasteiger partial charge in [0.1, 0.15) is 12.3 Å². The molecular formula is C23H24N4O3. The SMILES string of the molecule is COc1cccc(N2CCN(C(=O)Cn3nc(-c4ccccc4)ccc3=O)CC2)c1. The van der Waals surface area contributed by atoms with Crippen LogP contribution in [-0.2, 0) is 11.3 Å². The van der Waals surface area contributed by atoms with Crippen LogP contribution >= 0.6 is 0 Å². The van der Waals surface area contributed by atoms with E-state index in [2.05, 4.69) is 10.00 Å². The van der Waals surface area contributed by atoms with E-state index in [1.807, 2.05) is 54.6 Å². The van der Waals surface area contributed by atoms with E-state index in [1.165, 1.54) is 10.7 Å². The quantitative estimate of drug-likeness (QED) is 0.653. The van der Waals surface area contributed by atoms with Crippen LogP contribution in [0.25, 0.3) is 11.3 Å². The zero-order chi connectivity index (χ0) is 20.9. The van der Waals surface area contributed by atoms with E-state index in [0.29, 0.717) is 18.8 Å². The summed E-state index contributed by atoms with van der Waals surface area (Å²) in [5.74, 6) is 0.717. The number of carbonyl (C=O) groups is 1. The van der Waals surface area contributed by atoms with Crippen LogP contribution in [0, 0.1) is 0 Å². The van der Waals surface area contributed by atoms with Crippen molar-refractivity contribution in [2.45, 2.75) is 6.54 Å². The summed E-state index contributed by atoms with van der Waals surface area (Å²) in [6, 6.07) is 20.7. The predicted octanol–water partition coefficient (Wildman–Crippen LogP) is 2.27. The van der Waals surface area contributed by atoms with Crippen LogP contribution in [-0.4, -0.2) is 53.9 Å². The van der Waals surface area contributed by atoms with Crippen molar-refractivity contribution in [3.8, 4) is 17.0 Å². The summed E-state index contributed by atoms with van der Waals surface area (Å²) in [5, 5.41) is 4.39. The Hall–Kier alpha value is -3.61. The van der Waals surface area contributed by atoms with Gasteiger partial charge < -0.3 is 14.5 Å². The molecule has 154 valence electrons. The Kier molecular flexibility index (Phi) is 5.79. The summed E-state index contributed by atoms with van der Waals surface area (Å²) in [6.45, 7) is 2.60. The van der Waals surface area contributed by atoms with E-state index in [4.69, 9.17) is 4.74 Å². The lowest BCUT2D eigenvalue weighted by atomic mass is 10.1. The third-order valence-corrected chi connectivity index (χ3v) is 5.27. The van der Waals surface area contributed by atoms with E-state index in [9.17, 15) is 9.59 Å². The fourth-order valence-corrected chi connectivity index (χ4v) is 3.57. The molecule has 4 rings (SSSR count). The first-order valence-corrected chi connectivity index (χ1v) is 9.94. The molecule has 0 unspecified atom stereocenters. The second-order valence-corrected chi connectivity index (χ2v) is 7.15. The molecule has 2 aromatic carbocycles. The molecule has 0 N–H and O–H groups in total. The van der Waals surface area contributed by atoms with Gasteiger partial charge in [0.25, 0.3) is 5.56 Å². The lowest BCUT2D eigenvalue weighted by molar-refractivity contribution is -0.132. The minimum atomic E-state index is -0.280. The van der Waals surface area contributed by atoms with Crippen molar-refractivity contribution in [3.63, 3.8) is 0 Å². The van der Waals surface area contributed by atoms with E-state index in [1.54, 1.807) is 18.1 Å². The van der Waals surface area contributed by atoms with Gasteiger partial charge in [0, 0.05) is 49.6 Å². The maximum atomic E-state index is 12.8. The standard InChI is InChI=1S/C23H24N4O3/c1-30-20-9-5-8-19(16-20)25-12-14-26(15-13-25)23(29)17-27-22(28)11-10-21(24-27)18-6-3-2-4-7-18/h2-11,16H,12-15,17H2,1H3. The van der Waals surface area contributed by atoms with Gasteiger partial charge in [-0.3, -0.25) is 9.59 Å². The third kappa shape index (κ3) is 4.35. The van der Waals surface area contributed by atoms with E-state index in [0.717, 1.165) is 30.1 Å². The number of benzene rings is 2. The van der Waals surface area contributed by atoms with Gasteiger partial charge in [-0.25, -0.2) is 4.68 Å². The third-order valence-electron chi connectivity index (χ3n) is 5.27. The van der Waals surface area contributed by atoms with Gasteiger partial charge in [-0.1, -0.05) is 36.4 Å². The second-order valence-electron chi connectivity index (χ2n) is 7.15. The van der Waals surface area contributed by atoms with Crippen LogP contribution in [0.2, 0.25) is 0 Å². The zero-order valence-corrected chi connectivity index (χ0v) is 16.9. The number of amides is 1. The number of hydrogen-bond donors (Lipinski definition) is 0. The van der Waals surface area contributed by atoms with Gasteiger partial charge >= 0.3 is 0 Å². The van der Waals surface area contributed by atoms with Crippen molar-refractivity contribution >= 4 is 11.6 Å². The first-order valence-electron chi connectivity index (χ1n) is 9.94. The molecule has 0 radical (unpaired) electrons. The maximum absolute atomic E-state index is 12.8. The molecule has 0 bridgehead atoms. The summed E-state index contributed by atoms with van der Waals surface area (Å²) in [5.41, 5.74) is 2.38. The first-order chi connectivity index (χ1) is 14.6. The topological polar surface area (TPSA) is 67.7 Å². The molecule has 7 heteroatoms. The van der Waals surface area contributed by atoms with Crippen LogP contribution in [0.4, 0.5) is 5.69 Å². The summed E-state index contributed by atoms with van der Waals surface area (Å²) >= 11 is 0. The Balaban J connectivity index is 1.41. The Morgan fingerprint density at radius 1 is 0.967 bits per heavy atom. The minimum Gasteiger partial charge on any atom is -0.497 e. The molecule has 30 heavy (non-hydrogen) atoms. The zero-order valence-electron chi connectivity index (χ0n) is 16.9. The van der Waals surface area contributed by atoms with Crippen molar-refractivity contribution in [1.82, 2.24) is 14.7 Å². The van der Waals surface area contributed by atoms with Crippen molar-refractivity contribution < 1.29 is 9.53 Å². The van der Waals surface area contributed by atoms with Gasteiger partial charge in [0.2, 0.25) is 5.91 Å². The summed E-state index contributed by atoms with van der Waals surface area (Å²) in [7, 11) is 1.65. The molecule has 1 saturated heterocycles. The summed E-state index contributed by atoms with van der Waals surface area (Å²) < 4.78 is 6.54. The molecule has 1 aromatic heterocycles. The average molecular weight is 404 g/mol. The Bertz CT molecular complexity index is 1070. The highest BCUT2D eigenvalue weighted by molar-refractivity contribution is 5.76. The predicted molar refractivity (Wildman–Crippen MR) is 116 cm³/mol. The van der Waals surface area contributed by atoms with E-state index in [-0.39, 0.29) is 18.0 Å². The van der Waals surface area contributed by atoms with Crippen molar-refractivity contribution in [1.29, 1.82) is 0 Å². The number of aromatic nitrogens is 2. The number of anilines is 1. The summed E-state index contributed by atoms with van der Waals surface area (Å²) in [4.78, 5) is 29.0. The molecule has 0 saturated carbocycles. The van der Waals surface area contributed by atoms with Crippen molar-refractivity contribution in [2.75, 3.05) is 38.2 Å². The van der Waals surface area contributed by atoms with Crippen LogP contribution in [0.1, 0.15) is 0 Å². The molecule has 7 nitrogen and oxygen atoms in total. The normalized spacial score (nSPS) is 13.9. The first kappa shape index (κ1) is 19.7. The number of hydrogen-bond acceptors (Lipinski definition) is 5. The van der Waals surface area contributed by atoms with Crippen LogP contribution < -0.4 is 15.2 Å². The molecule has 1 amide bonds. The number of ether oxygens (including phenoxy) is 1. The van der Waals surface area contributed by atoms with Gasteiger partial charge in [0.15, 0.2) is 0 Å². The van der Waals surface area contributed by atoms with Crippen molar-refractivity contribution in [2.24, 2.45) is 0 Å². The Morgan fingerprint density at radius 2 is 1.73 bits per heavy atom. The highest BCUT2D eigenvalue weighted by atomic mass is 16.5. The molecule has 0 aliphatic carbocycles. The highest BCUT2D eigenvalue weighted by Crippen LogP contribution is 2.22. The number of carbonyl (C=O) groups excluding carboxylic acids is 1. The number of piperazine rings is 1. The molecule has 1 aliphatic heterocycles. The lowest BCUT2D eigenvalue weighted by Crippen LogP contribution is -2.50. The van der Waals surface area contributed by atoms with Crippen LogP contribution in [0.3, 0.4) is 0 Å². The monoisotopic (exact) mass is 404 g/mol. The molecule has 1 aliphatic rings. The second kappa shape index (κ2) is 8.82. The molecule has 1 fully saturated rings. The highest BCUT2D eigenvalue weighted by Gasteiger charge is 2.22. The molecular weight excluding hydrogens is 380 g/mol. The minimum absolute atomic E-state index is 0.0569. The fourth-order valence-electron chi connectivity index (χ4n) is 3.57. The molecule has 0 spiro atoms. The van der Waals surface area contributed by atoms with Gasteiger partial charge in [-0.05, 0) is 18.2 Å².